The number of nitrogens with zero attached hydrogens (tertiary/aromatic N) is 6. The van der Waals surface area contributed by atoms with Gasteiger partial charge in [-0.05, 0) is 43.5 Å². The van der Waals surface area contributed by atoms with Crippen LogP contribution in [0.4, 0.5) is 5.82 Å². The summed E-state index contributed by atoms with van der Waals surface area (Å²) in [6.45, 7) is 4.70. The van der Waals surface area contributed by atoms with Crippen LogP contribution in [0.25, 0.3) is 22.0 Å². The average molecular weight is 608 g/mol. The number of aromatic nitrogens is 5. The fourth-order valence-electron chi connectivity index (χ4n) is 6.48. The Balaban J connectivity index is 1.19. The van der Waals surface area contributed by atoms with Gasteiger partial charge in [0, 0.05) is 53.5 Å². The molecule has 0 unspecified atom stereocenters. The fourth-order valence-corrected chi connectivity index (χ4v) is 6.48. The topological polar surface area (TPSA) is 141 Å². The lowest BCUT2D eigenvalue weighted by molar-refractivity contribution is -0.138. The van der Waals surface area contributed by atoms with Gasteiger partial charge in [-0.2, -0.15) is 5.10 Å². The van der Waals surface area contributed by atoms with E-state index in [2.05, 4.69) is 25.4 Å². The smallest absolute Gasteiger partial charge is 0.248 e. The van der Waals surface area contributed by atoms with E-state index in [0.717, 1.165) is 23.1 Å². The molecule has 5 heterocycles. The van der Waals surface area contributed by atoms with Crippen molar-refractivity contribution in [1.29, 1.82) is 0 Å². The van der Waals surface area contributed by atoms with Crippen LogP contribution in [-0.2, 0) is 32.2 Å². The highest BCUT2D eigenvalue weighted by molar-refractivity contribution is 6.06. The van der Waals surface area contributed by atoms with Crippen molar-refractivity contribution in [2.75, 3.05) is 25.1 Å². The molecule has 230 valence electrons. The lowest BCUT2D eigenvalue weighted by Gasteiger charge is -2.27. The van der Waals surface area contributed by atoms with E-state index in [-0.39, 0.29) is 47.9 Å². The summed E-state index contributed by atoms with van der Waals surface area (Å²) in [4.78, 5) is 55.2. The van der Waals surface area contributed by atoms with Gasteiger partial charge >= 0.3 is 0 Å². The summed E-state index contributed by atoms with van der Waals surface area (Å²) in [6, 6.07) is 8.43. The number of aryl methyl sites for hydroxylation is 1. The second-order valence-electron chi connectivity index (χ2n) is 11.9. The van der Waals surface area contributed by atoms with Crippen LogP contribution in [0.3, 0.4) is 0 Å². The first-order chi connectivity index (χ1) is 21.8. The van der Waals surface area contributed by atoms with Gasteiger partial charge in [-0.3, -0.25) is 19.1 Å². The van der Waals surface area contributed by atoms with Crippen LogP contribution in [0, 0.1) is 12.3 Å². The molecule has 1 spiro atoms. The summed E-state index contributed by atoms with van der Waals surface area (Å²) in [5.41, 5.74) is 3.02. The van der Waals surface area contributed by atoms with Crippen molar-refractivity contribution in [1.82, 2.24) is 29.6 Å². The summed E-state index contributed by atoms with van der Waals surface area (Å²) < 4.78 is 13.3. The Morgan fingerprint density at radius 2 is 1.84 bits per heavy atom. The largest absolute Gasteiger partial charge is 0.377 e. The number of Topliss-reactive ketones (excluding diaryl/α,β-unsaturated/α-hetero) is 1. The molecule has 1 saturated heterocycles. The lowest BCUT2D eigenvalue weighted by atomic mass is 10.00. The Labute approximate surface area is 259 Å². The number of amides is 2. The molecule has 2 bridgehead atoms. The Kier molecular flexibility index (Phi) is 7.46. The molecule has 3 aromatic heterocycles. The number of hydrogen-bond donors (Lipinski definition) is 1. The van der Waals surface area contributed by atoms with Gasteiger partial charge in [-0.25, -0.2) is 15.0 Å². The molecule has 3 atom stereocenters. The lowest BCUT2D eigenvalue weighted by Crippen LogP contribution is -2.47. The molecule has 7 rings (SSSR count). The Morgan fingerprint density at radius 3 is 2.64 bits per heavy atom. The molecule has 45 heavy (non-hydrogen) atoms. The number of ether oxygens (including phenoxy) is 2. The van der Waals surface area contributed by atoms with Crippen LogP contribution in [-0.4, -0.2) is 79.1 Å². The number of anilines is 1. The zero-order valence-corrected chi connectivity index (χ0v) is 25.1. The summed E-state index contributed by atoms with van der Waals surface area (Å²) in [7, 11) is 0. The highest BCUT2D eigenvalue weighted by atomic mass is 16.5. The second kappa shape index (κ2) is 11.6. The molecule has 2 aliphatic heterocycles. The number of carbonyl (C=O) groups excluding carboxylic acids is 3. The van der Waals surface area contributed by atoms with Gasteiger partial charge in [0.15, 0.2) is 5.78 Å². The summed E-state index contributed by atoms with van der Waals surface area (Å²) in [5, 5.41) is 8.17. The molecule has 2 amide bonds. The highest BCUT2D eigenvalue weighted by Crippen LogP contribution is 2.60. The van der Waals surface area contributed by atoms with Crippen molar-refractivity contribution in [2.24, 2.45) is 5.41 Å². The van der Waals surface area contributed by atoms with E-state index in [0.29, 0.717) is 48.8 Å². The highest BCUT2D eigenvalue weighted by Gasteiger charge is 2.67. The quantitative estimate of drug-likeness (QED) is 0.273. The van der Waals surface area contributed by atoms with Gasteiger partial charge in [0.25, 0.3) is 0 Å². The molecule has 2 fully saturated rings. The number of fused-ring (bicyclic) bond motifs is 3. The standard InChI is InChI=1S/C33H33N7O5/c1-20(41)30-25-12-22(24-15-35-21(2)36-16-24)7-8-26(25)39(38-30)17-29(42)40-27-13-33(14-28(33)40)19-45-11-4-3-10-44-18-23-6-5-9-34-31(23)37-32(27)43/h3-9,12,15-16,27-28H,10-11,13-14,17-19H2,1-2H3,(H,34,37,43)/b4-3-/t27-,28+,33-/m0/s1. The first-order valence-corrected chi connectivity index (χ1v) is 15.0. The Hall–Kier alpha value is -4.81. The van der Waals surface area contributed by atoms with Gasteiger partial charge in [0.2, 0.25) is 11.8 Å². The minimum atomic E-state index is -0.710. The molecule has 1 aromatic carbocycles. The fraction of sp³-hybridized carbons (Fsp3) is 0.364. The van der Waals surface area contributed by atoms with E-state index >= 15 is 0 Å². The molecule has 3 aliphatic rings. The number of likely N-dealkylation sites (tertiary alicyclic amines) is 1. The normalized spacial score (nSPS) is 23.8. The third-order valence-corrected chi connectivity index (χ3v) is 8.87. The maximum Gasteiger partial charge on any atom is 0.248 e. The van der Waals surface area contributed by atoms with E-state index in [1.54, 1.807) is 34.2 Å². The van der Waals surface area contributed by atoms with Gasteiger partial charge in [0.05, 0.1) is 31.9 Å². The van der Waals surface area contributed by atoms with Gasteiger partial charge in [-0.1, -0.05) is 24.3 Å². The molecule has 1 N–H and O–H groups in total. The van der Waals surface area contributed by atoms with Crippen molar-refractivity contribution >= 4 is 34.3 Å². The van der Waals surface area contributed by atoms with Gasteiger partial charge in [-0.15, -0.1) is 0 Å². The van der Waals surface area contributed by atoms with Crippen molar-refractivity contribution < 1.29 is 23.9 Å². The Morgan fingerprint density at radius 1 is 1.04 bits per heavy atom. The molecule has 12 heteroatoms. The monoisotopic (exact) mass is 607 g/mol. The van der Waals surface area contributed by atoms with Gasteiger partial charge < -0.3 is 19.7 Å². The van der Waals surface area contributed by atoms with Crippen molar-refractivity contribution in [3.63, 3.8) is 0 Å². The molecular weight excluding hydrogens is 574 g/mol. The van der Waals surface area contributed by atoms with Crippen molar-refractivity contribution in [3.8, 4) is 11.1 Å². The zero-order chi connectivity index (χ0) is 31.1. The van der Waals surface area contributed by atoms with Crippen LogP contribution in [0.5, 0.6) is 0 Å². The second-order valence-corrected chi connectivity index (χ2v) is 11.9. The molecule has 12 nitrogen and oxygen atoms in total. The molecule has 1 aliphatic carbocycles. The van der Waals surface area contributed by atoms with Crippen LogP contribution < -0.4 is 5.32 Å². The number of rotatable bonds is 4. The number of pyridine rings is 1. The molecule has 4 aromatic rings. The van der Waals surface area contributed by atoms with Crippen molar-refractivity contribution in [3.05, 3.63) is 78.2 Å². The van der Waals surface area contributed by atoms with Crippen LogP contribution in [0.2, 0.25) is 0 Å². The minimum Gasteiger partial charge on any atom is -0.377 e. The van der Waals surface area contributed by atoms with E-state index in [1.165, 1.54) is 6.92 Å². The van der Waals surface area contributed by atoms with Crippen LogP contribution in [0.15, 0.2) is 61.1 Å². The maximum atomic E-state index is 14.1. The Bertz CT molecular complexity index is 1830. The first-order valence-electron chi connectivity index (χ1n) is 15.0. The first kappa shape index (κ1) is 28.9. The number of ketones is 1. The molecule has 1 saturated carbocycles. The predicted octanol–water partition coefficient (Wildman–Crippen LogP) is 3.50. The average Bonchev–Trinajstić information content (AvgIpc) is 3.44. The third kappa shape index (κ3) is 5.51. The van der Waals surface area contributed by atoms with E-state index in [1.807, 2.05) is 43.3 Å². The molecule has 0 radical (unpaired) electrons. The SMILES string of the molecule is CC(=O)c1nn(CC(=O)N2[C@H]3C[C@@]4(COC/C=C\COCc5cccnc5NC3=O)C[C@@H]24)c2ccc(-c3cnc(C)nc3)cc12. The van der Waals surface area contributed by atoms with E-state index in [9.17, 15) is 14.4 Å². The summed E-state index contributed by atoms with van der Waals surface area (Å²) in [6.07, 6.45) is 10.2. The number of piperidine rings is 1. The summed E-state index contributed by atoms with van der Waals surface area (Å²) in [5.74, 6) is 0.315. The van der Waals surface area contributed by atoms with Crippen LogP contribution in [0.1, 0.15) is 41.6 Å². The molecular formula is C33H33N7O5. The van der Waals surface area contributed by atoms with Crippen LogP contribution >= 0.6 is 0 Å². The predicted molar refractivity (Wildman–Crippen MR) is 164 cm³/mol. The number of hydrogen-bond acceptors (Lipinski definition) is 9. The zero-order valence-electron chi connectivity index (χ0n) is 25.1. The summed E-state index contributed by atoms with van der Waals surface area (Å²) >= 11 is 0. The number of carbonyl (C=O) groups is 3. The third-order valence-electron chi connectivity index (χ3n) is 8.87. The van der Waals surface area contributed by atoms with E-state index < -0.39 is 6.04 Å². The van der Waals surface area contributed by atoms with Gasteiger partial charge in [0.1, 0.15) is 29.9 Å². The number of nitrogens with one attached hydrogen (secondary N) is 1. The van der Waals surface area contributed by atoms with E-state index in [4.69, 9.17) is 9.47 Å². The number of benzene rings is 1. The minimum absolute atomic E-state index is 0.126. The van der Waals surface area contributed by atoms with Crippen molar-refractivity contribution in [2.45, 2.75) is 51.9 Å². The maximum absolute atomic E-state index is 14.1.